The first-order chi connectivity index (χ1) is 16.7. The molecule has 9 heteroatoms. The van der Waals surface area contributed by atoms with E-state index < -0.39 is 0 Å². The van der Waals surface area contributed by atoms with Crippen molar-refractivity contribution >= 4 is 23.7 Å². The maximum atomic E-state index is 13.3. The van der Waals surface area contributed by atoms with Crippen molar-refractivity contribution in [3.63, 3.8) is 0 Å². The zero-order chi connectivity index (χ0) is 23.3. The van der Waals surface area contributed by atoms with Crippen molar-refractivity contribution in [2.75, 3.05) is 11.1 Å². The first kappa shape index (κ1) is 22.2. The molecular weight excluding hydrogens is 430 g/mol. The van der Waals surface area contributed by atoms with Crippen LogP contribution in [-0.4, -0.2) is 43.2 Å². The highest BCUT2D eigenvalue weighted by Crippen LogP contribution is 2.39. The maximum Gasteiger partial charge on any atom is 0.415 e. The largest absolute Gasteiger partial charge is 0.415 e. The zero-order valence-electron chi connectivity index (χ0n) is 19.2. The van der Waals surface area contributed by atoms with E-state index in [-0.39, 0.29) is 24.1 Å². The van der Waals surface area contributed by atoms with Crippen LogP contribution in [-0.2, 0) is 0 Å². The van der Waals surface area contributed by atoms with Crippen LogP contribution in [0.2, 0.25) is 0 Å². The van der Waals surface area contributed by atoms with Gasteiger partial charge in [-0.2, -0.15) is 10.1 Å². The molecule has 1 aromatic carbocycles. The molecule has 34 heavy (non-hydrogen) atoms. The van der Waals surface area contributed by atoms with E-state index in [0.29, 0.717) is 23.3 Å². The summed E-state index contributed by atoms with van der Waals surface area (Å²) in [5.41, 5.74) is 6.72. The number of para-hydroxylation sites is 1. The lowest BCUT2D eigenvalue weighted by molar-refractivity contribution is 0.0902. The predicted molar refractivity (Wildman–Crippen MR) is 130 cm³/mol. The summed E-state index contributed by atoms with van der Waals surface area (Å²) in [7, 11) is 0. The summed E-state index contributed by atoms with van der Waals surface area (Å²) in [4.78, 5) is 23.4. The van der Waals surface area contributed by atoms with Crippen LogP contribution in [0.1, 0.15) is 63.0 Å². The number of amides is 1. The van der Waals surface area contributed by atoms with E-state index in [2.05, 4.69) is 25.5 Å². The molecule has 2 unspecified atom stereocenters. The van der Waals surface area contributed by atoms with Gasteiger partial charge in [0.25, 0.3) is 0 Å². The van der Waals surface area contributed by atoms with Crippen LogP contribution in [0.25, 0.3) is 0 Å². The van der Waals surface area contributed by atoms with Crippen LogP contribution < -0.4 is 15.8 Å². The Balaban J connectivity index is 1.27. The number of ether oxygens (including phenoxy) is 1. The first-order valence-electron chi connectivity index (χ1n) is 12.1. The molecule has 5 rings (SSSR count). The molecule has 2 fully saturated rings. The average Bonchev–Trinajstić information content (AvgIpc) is 3.51. The fourth-order valence-corrected chi connectivity index (χ4v) is 5.27. The fraction of sp³-hybridized carbons (Fsp3) is 0.440. The molecule has 0 radical (unpaired) electrons. The molecule has 2 aromatic heterocycles. The lowest BCUT2D eigenvalue weighted by atomic mass is 9.93. The lowest BCUT2D eigenvalue weighted by Gasteiger charge is -2.37. The Hall–Kier alpha value is -3.62. The van der Waals surface area contributed by atoms with Gasteiger partial charge in [0, 0.05) is 36.0 Å². The molecule has 1 amide bonds. The second kappa shape index (κ2) is 10.1. The van der Waals surface area contributed by atoms with Gasteiger partial charge in [-0.15, -0.1) is 0 Å². The van der Waals surface area contributed by atoms with Crippen LogP contribution in [0.5, 0.6) is 5.75 Å². The number of anilines is 3. The third-order valence-corrected chi connectivity index (χ3v) is 6.89. The van der Waals surface area contributed by atoms with Crippen molar-refractivity contribution in [2.24, 2.45) is 0 Å². The number of rotatable bonds is 6. The smallest absolute Gasteiger partial charge is 0.410 e. The van der Waals surface area contributed by atoms with Crippen LogP contribution in [0.4, 0.5) is 22.4 Å². The van der Waals surface area contributed by atoms with E-state index in [1.54, 1.807) is 12.3 Å². The van der Waals surface area contributed by atoms with E-state index in [4.69, 9.17) is 10.5 Å². The minimum atomic E-state index is -0.225. The second-order valence-electron chi connectivity index (χ2n) is 9.18. The Morgan fingerprint density at radius 2 is 1.85 bits per heavy atom. The quantitative estimate of drug-likeness (QED) is 0.472. The summed E-state index contributed by atoms with van der Waals surface area (Å²) in [6, 6.07) is 13.5. The first-order valence-corrected chi connectivity index (χ1v) is 12.1. The number of carbonyl (C=O) groups excluding carboxylic acids is 1. The van der Waals surface area contributed by atoms with Crippen molar-refractivity contribution in [2.45, 2.75) is 69.4 Å². The maximum absolute atomic E-state index is 13.3. The second-order valence-corrected chi connectivity index (χ2v) is 9.18. The molecule has 4 N–H and O–H groups in total. The molecule has 0 aliphatic heterocycles. The van der Waals surface area contributed by atoms with Crippen LogP contribution >= 0.6 is 0 Å². The van der Waals surface area contributed by atoms with E-state index in [1.165, 1.54) is 19.3 Å². The minimum absolute atomic E-state index is 0.158. The third-order valence-electron chi connectivity index (χ3n) is 6.89. The van der Waals surface area contributed by atoms with Crippen molar-refractivity contribution < 1.29 is 9.53 Å². The molecule has 9 nitrogen and oxygen atoms in total. The van der Waals surface area contributed by atoms with E-state index in [1.807, 2.05) is 41.3 Å². The molecule has 178 valence electrons. The topological polar surface area (TPSA) is 122 Å². The van der Waals surface area contributed by atoms with Gasteiger partial charge in [-0.05, 0) is 50.3 Å². The number of benzene rings is 1. The third kappa shape index (κ3) is 5.13. The number of aromatic nitrogens is 4. The molecule has 2 atom stereocenters. The highest BCUT2D eigenvalue weighted by molar-refractivity contribution is 5.71. The average molecular weight is 462 g/mol. The molecule has 2 aliphatic carbocycles. The summed E-state index contributed by atoms with van der Waals surface area (Å²) in [5, 5.41) is 10.7. The van der Waals surface area contributed by atoms with Crippen molar-refractivity contribution in [1.82, 2.24) is 25.1 Å². The molecule has 2 saturated carbocycles. The van der Waals surface area contributed by atoms with E-state index in [0.717, 1.165) is 37.8 Å². The highest BCUT2D eigenvalue weighted by atomic mass is 16.6. The van der Waals surface area contributed by atoms with Crippen molar-refractivity contribution in [3.8, 4) is 5.75 Å². The van der Waals surface area contributed by atoms with Gasteiger partial charge in [0.1, 0.15) is 11.6 Å². The van der Waals surface area contributed by atoms with Gasteiger partial charge in [0.2, 0.25) is 5.95 Å². The number of hydrogen-bond acceptors (Lipinski definition) is 7. The van der Waals surface area contributed by atoms with Crippen LogP contribution in [0.15, 0.2) is 48.7 Å². The summed E-state index contributed by atoms with van der Waals surface area (Å²) in [6.45, 7) is 0. The Bertz CT molecular complexity index is 1100. The van der Waals surface area contributed by atoms with E-state index in [9.17, 15) is 4.79 Å². The standard InChI is InChI=1S/C25H31N7O2/c26-24-27-14-13-22(29-24)28-23-16-21(30-31-23)17-11-12-19(15-17)32(18-7-3-1-4-8-18)25(33)34-20-9-5-2-6-10-20/h2,5-6,9-10,13-14,16-19H,1,3-4,7-8,11-12,15H2,(H4,26,27,28,29,30,31). The molecule has 3 aromatic rings. The summed E-state index contributed by atoms with van der Waals surface area (Å²) < 4.78 is 5.80. The van der Waals surface area contributed by atoms with Gasteiger partial charge >= 0.3 is 6.09 Å². The molecule has 0 saturated heterocycles. The van der Waals surface area contributed by atoms with Crippen molar-refractivity contribution in [3.05, 3.63) is 54.4 Å². The number of H-pyrrole nitrogens is 1. The molecule has 0 spiro atoms. The van der Waals surface area contributed by atoms with Gasteiger partial charge in [-0.1, -0.05) is 37.5 Å². The normalized spacial score (nSPS) is 20.7. The zero-order valence-corrected chi connectivity index (χ0v) is 19.2. The van der Waals surface area contributed by atoms with Gasteiger partial charge < -0.3 is 20.7 Å². The van der Waals surface area contributed by atoms with Gasteiger partial charge in [-0.25, -0.2) is 9.78 Å². The fourth-order valence-electron chi connectivity index (χ4n) is 5.27. The molecule has 0 bridgehead atoms. The molecule has 2 aliphatic rings. The summed E-state index contributed by atoms with van der Waals surface area (Å²) in [5.74, 6) is 2.40. The van der Waals surface area contributed by atoms with Crippen LogP contribution in [0, 0.1) is 0 Å². The SMILES string of the molecule is Nc1nccc(Nc2cc(C3CCC(N(C(=O)Oc4ccccc4)C4CCCCC4)C3)[nH]n2)n1. The number of carbonyl (C=O) groups is 1. The Morgan fingerprint density at radius 3 is 2.65 bits per heavy atom. The molecular formula is C25H31N7O2. The number of nitrogens with one attached hydrogen (secondary N) is 2. The predicted octanol–water partition coefficient (Wildman–Crippen LogP) is 5.00. The lowest BCUT2D eigenvalue weighted by Crippen LogP contribution is -2.48. The van der Waals surface area contributed by atoms with Crippen LogP contribution in [0.3, 0.4) is 0 Å². The number of hydrogen-bond donors (Lipinski definition) is 3. The Labute approximate surface area is 199 Å². The highest BCUT2D eigenvalue weighted by Gasteiger charge is 2.38. The van der Waals surface area contributed by atoms with Gasteiger partial charge in [0.05, 0.1) is 0 Å². The number of aromatic amines is 1. The van der Waals surface area contributed by atoms with Gasteiger partial charge in [0.15, 0.2) is 5.82 Å². The Morgan fingerprint density at radius 1 is 1.03 bits per heavy atom. The van der Waals surface area contributed by atoms with Crippen molar-refractivity contribution in [1.29, 1.82) is 0 Å². The molecule has 2 heterocycles. The summed E-state index contributed by atoms with van der Waals surface area (Å²) >= 11 is 0. The Kier molecular flexibility index (Phi) is 6.60. The number of nitrogen functional groups attached to an aromatic ring is 1. The van der Waals surface area contributed by atoms with E-state index >= 15 is 0 Å². The number of nitrogens with two attached hydrogens (primary N) is 1. The summed E-state index contributed by atoms with van der Waals surface area (Å²) in [6.07, 6.45) is 9.89. The number of nitrogens with zero attached hydrogens (tertiary/aromatic N) is 4. The monoisotopic (exact) mass is 461 g/mol. The van der Waals surface area contributed by atoms with Gasteiger partial charge in [-0.3, -0.25) is 5.10 Å². The minimum Gasteiger partial charge on any atom is -0.410 e.